The summed E-state index contributed by atoms with van der Waals surface area (Å²) in [4.78, 5) is 7.82. The quantitative estimate of drug-likeness (QED) is 0.485. The van der Waals surface area contributed by atoms with Crippen molar-refractivity contribution in [1.29, 1.82) is 0 Å². The molecule has 0 spiro atoms. The van der Waals surface area contributed by atoms with Crippen LogP contribution in [0.5, 0.6) is 0 Å². The van der Waals surface area contributed by atoms with Gasteiger partial charge in [-0.1, -0.05) is 41.9 Å². The minimum absolute atomic E-state index is 0.147. The van der Waals surface area contributed by atoms with Crippen molar-refractivity contribution in [3.05, 3.63) is 69.8 Å². The first-order valence-electron chi connectivity index (χ1n) is 10.3. The molecule has 0 aliphatic carbocycles. The normalized spacial score (nSPS) is 16.9. The number of aromatic nitrogens is 1. The number of rotatable bonds is 8. The number of likely N-dealkylation sites (N-methyl/N-ethyl adjacent to an activating group) is 1. The number of sulfonamides is 1. The zero-order valence-electron chi connectivity index (χ0n) is 17.5. The minimum Gasteiger partial charge on any atom is -0.366 e. The molecule has 0 saturated carbocycles. The van der Waals surface area contributed by atoms with E-state index in [4.69, 9.17) is 11.6 Å². The second-order valence-corrected chi connectivity index (χ2v) is 10.4. The van der Waals surface area contributed by atoms with Crippen molar-refractivity contribution >= 4 is 44.5 Å². The van der Waals surface area contributed by atoms with Crippen molar-refractivity contribution in [1.82, 2.24) is 9.88 Å². The number of likely N-dealkylation sites (tertiary alicyclic amines) is 1. The summed E-state index contributed by atoms with van der Waals surface area (Å²) < 4.78 is 42.5. The van der Waals surface area contributed by atoms with Crippen molar-refractivity contribution < 1.29 is 12.8 Å². The SMILES string of the molecule is CCN(c1cc(F)c(S(=O)(=O)Nc2cscn2)cc1Cl)C1CCN(Cc2ccccc2)C1. The zero-order valence-corrected chi connectivity index (χ0v) is 19.9. The maximum absolute atomic E-state index is 15.0. The van der Waals surface area contributed by atoms with E-state index in [9.17, 15) is 12.8 Å². The molecule has 1 atom stereocenters. The third-order valence-electron chi connectivity index (χ3n) is 5.55. The van der Waals surface area contributed by atoms with E-state index in [1.807, 2.05) is 25.1 Å². The van der Waals surface area contributed by atoms with Crippen LogP contribution in [-0.2, 0) is 16.6 Å². The Morgan fingerprint density at radius 1 is 1.31 bits per heavy atom. The molecule has 0 radical (unpaired) electrons. The van der Waals surface area contributed by atoms with Gasteiger partial charge in [0.15, 0.2) is 5.82 Å². The molecule has 6 nitrogen and oxygen atoms in total. The van der Waals surface area contributed by atoms with E-state index in [1.54, 1.807) is 0 Å². The molecule has 170 valence electrons. The van der Waals surface area contributed by atoms with E-state index in [0.29, 0.717) is 12.2 Å². The summed E-state index contributed by atoms with van der Waals surface area (Å²) in [7, 11) is -4.14. The summed E-state index contributed by atoms with van der Waals surface area (Å²) in [5.41, 5.74) is 3.25. The number of nitrogens with zero attached hydrogens (tertiary/aromatic N) is 3. The van der Waals surface area contributed by atoms with Crippen LogP contribution in [0.15, 0.2) is 58.3 Å². The van der Waals surface area contributed by atoms with E-state index >= 15 is 0 Å². The Morgan fingerprint density at radius 3 is 2.78 bits per heavy atom. The van der Waals surface area contributed by atoms with Crippen LogP contribution in [0.1, 0.15) is 18.9 Å². The predicted octanol–water partition coefficient (Wildman–Crippen LogP) is 4.84. The van der Waals surface area contributed by atoms with Crippen LogP contribution in [0.4, 0.5) is 15.9 Å². The first-order valence-corrected chi connectivity index (χ1v) is 13.1. The van der Waals surface area contributed by atoms with Gasteiger partial charge < -0.3 is 4.90 Å². The summed E-state index contributed by atoms with van der Waals surface area (Å²) in [6.07, 6.45) is 0.921. The fourth-order valence-corrected chi connectivity index (χ4v) is 6.06. The van der Waals surface area contributed by atoms with Gasteiger partial charge in [-0.3, -0.25) is 9.62 Å². The predicted molar refractivity (Wildman–Crippen MR) is 127 cm³/mol. The highest BCUT2D eigenvalue weighted by Gasteiger charge is 2.30. The molecule has 4 rings (SSSR count). The summed E-state index contributed by atoms with van der Waals surface area (Å²) in [6, 6.07) is 12.8. The number of nitrogens with one attached hydrogen (secondary N) is 1. The lowest BCUT2D eigenvalue weighted by atomic mass is 10.1. The topological polar surface area (TPSA) is 65.5 Å². The number of hydrogen-bond acceptors (Lipinski definition) is 6. The summed E-state index contributed by atoms with van der Waals surface area (Å²) in [6.45, 7) is 5.23. The third kappa shape index (κ3) is 5.06. The maximum atomic E-state index is 15.0. The number of thiazole rings is 1. The molecular formula is C22H24ClFN4O2S2. The van der Waals surface area contributed by atoms with Crippen molar-refractivity contribution in [2.45, 2.75) is 30.8 Å². The molecule has 2 heterocycles. The lowest BCUT2D eigenvalue weighted by Gasteiger charge is -2.31. The Kier molecular flexibility index (Phi) is 6.99. The first kappa shape index (κ1) is 23.0. The monoisotopic (exact) mass is 494 g/mol. The van der Waals surface area contributed by atoms with Crippen molar-refractivity contribution in [2.24, 2.45) is 0 Å². The zero-order chi connectivity index (χ0) is 22.7. The van der Waals surface area contributed by atoms with Gasteiger partial charge in [-0.25, -0.2) is 17.8 Å². The molecule has 10 heteroatoms. The van der Waals surface area contributed by atoms with Gasteiger partial charge in [0.2, 0.25) is 0 Å². The number of anilines is 2. The van der Waals surface area contributed by atoms with Gasteiger partial charge >= 0.3 is 0 Å². The molecule has 3 aromatic rings. The van der Waals surface area contributed by atoms with Gasteiger partial charge in [0.1, 0.15) is 10.7 Å². The van der Waals surface area contributed by atoms with Crippen molar-refractivity contribution in [3.63, 3.8) is 0 Å². The third-order valence-corrected chi connectivity index (χ3v) is 7.81. The van der Waals surface area contributed by atoms with E-state index < -0.39 is 20.7 Å². The number of halogens is 2. The molecule has 0 amide bonds. The van der Waals surface area contributed by atoms with Gasteiger partial charge in [0.05, 0.1) is 16.2 Å². The Labute approximate surface area is 196 Å². The molecule has 2 aromatic carbocycles. The fourth-order valence-electron chi connectivity index (χ4n) is 4.08. The van der Waals surface area contributed by atoms with Crippen LogP contribution in [-0.4, -0.2) is 44.0 Å². The van der Waals surface area contributed by atoms with Crippen LogP contribution in [0, 0.1) is 5.82 Å². The molecule has 1 N–H and O–H groups in total. The standard InChI is InChI=1S/C22H24ClFN4O2S2/c1-2-28(17-8-9-27(13-17)12-16-6-4-3-5-7-16)20-11-19(24)21(10-18(20)23)32(29,30)26-22-14-31-15-25-22/h3-7,10-11,14-15,17,26H,2,8-9,12-13H2,1H3. The van der Waals surface area contributed by atoms with E-state index in [-0.39, 0.29) is 16.9 Å². The first-order chi connectivity index (χ1) is 15.4. The number of hydrogen-bond donors (Lipinski definition) is 1. The second-order valence-electron chi connectivity index (χ2n) is 7.66. The van der Waals surface area contributed by atoms with Gasteiger partial charge in [0.25, 0.3) is 10.0 Å². The minimum atomic E-state index is -4.14. The van der Waals surface area contributed by atoms with Crippen molar-refractivity contribution in [2.75, 3.05) is 29.3 Å². The highest BCUT2D eigenvalue weighted by atomic mass is 35.5. The largest absolute Gasteiger partial charge is 0.366 e. The van der Waals surface area contributed by atoms with Gasteiger partial charge in [0, 0.05) is 43.7 Å². The lowest BCUT2D eigenvalue weighted by molar-refractivity contribution is 0.325. The molecule has 1 unspecified atom stereocenters. The Hall–Kier alpha value is -2.20. The molecule has 1 fully saturated rings. The molecule has 1 aliphatic rings. The second kappa shape index (κ2) is 9.74. The Balaban J connectivity index is 1.52. The van der Waals surface area contributed by atoms with E-state index in [2.05, 4.69) is 31.6 Å². The summed E-state index contributed by atoms with van der Waals surface area (Å²) in [5.74, 6) is -0.695. The van der Waals surface area contributed by atoms with Crippen LogP contribution < -0.4 is 9.62 Å². The lowest BCUT2D eigenvalue weighted by Crippen LogP contribution is -2.37. The molecule has 1 aliphatic heterocycles. The Morgan fingerprint density at radius 2 is 2.09 bits per heavy atom. The van der Waals surface area contributed by atoms with Gasteiger partial charge in [-0.15, -0.1) is 11.3 Å². The van der Waals surface area contributed by atoms with E-state index in [0.717, 1.165) is 26.1 Å². The molecule has 1 aromatic heterocycles. The average molecular weight is 495 g/mol. The van der Waals surface area contributed by atoms with Crippen LogP contribution in [0.25, 0.3) is 0 Å². The van der Waals surface area contributed by atoms with E-state index in [1.165, 1.54) is 39.9 Å². The van der Waals surface area contributed by atoms with Gasteiger partial charge in [-0.2, -0.15) is 0 Å². The van der Waals surface area contributed by atoms with Crippen LogP contribution in [0.3, 0.4) is 0 Å². The fraction of sp³-hybridized carbons (Fsp3) is 0.318. The number of benzene rings is 2. The summed E-state index contributed by atoms with van der Waals surface area (Å²) in [5, 5.41) is 1.74. The van der Waals surface area contributed by atoms with Crippen LogP contribution in [0.2, 0.25) is 5.02 Å². The summed E-state index contributed by atoms with van der Waals surface area (Å²) >= 11 is 7.72. The van der Waals surface area contributed by atoms with Crippen LogP contribution >= 0.6 is 22.9 Å². The average Bonchev–Trinajstić information content (AvgIpc) is 3.43. The molecular weight excluding hydrogens is 471 g/mol. The maximum Gasteiger partial charge on any atom is 0.266 e. The Bertz CT molecular complexity index is 1160. The highest BCUT2D eigenvalue weighted by molar-refractivity contribution is 7.92. The highest BCUT2D eigenvalue weighted by Crippen LogP contribution is 2.34. The smallest absolute Gasteiger partial charge is 0.266 e. The molecule has 0 bridgehead atoms. The molecule has 1 saturated heterocycles. The van der Waals surface area contributed by atoms with Gasteiger partial charge in [-0.05, 0) is 25.0 Å². The molecule has 32 heavy (non-hydrogen) atoms. The van der Waals surface area contributed by atoms with Crippen molar-refractivity contribution in [3.8, 4) is 0 Å².